The van der Waals surface area contributed by atoms with Crippen molar-refractivity contribution in [3.05, 3.63) is 12.2 Å². The van der Waals surface area contributed by atoms with E-state index in [9.17, 15) is 14.7 Å². The summed E-state index contributed by atoms with van der Waals surface area (Å²) < 4.78 is 11.1. The van der Waals surface area contributed by atoms with Gasteiger partial charge in [-0.05, 0) is 19.3 Å². The second-order valence-electron chi connectivity index (χ2n) is 7.16. The third-order valence-corrected chi connectivity index (χ3v) is 5.12. The molecular formula is C18H29N3O5. The molecule has 1 aliphatic carbocycles. The van der Waals surface area contributed by atoms with Gasteiger partial charge in [-0.15, -0.1) is 0 Å². The quantitative estimate of drug-likeness (QED) is 0.509. The Morgan fingerprint density at radius 3 is 2.54 bits per heavy atom. The highest BCUT2D eigenvalue weighted by atomic mass is 16.5. The van der Waals surface area contributed by atoms with Crippen LogP contribution in [0, 0.1) is 0 Å². The number of nitrogens with zero attached hydrogens (tertiary/aromatic N) is 1. The van der Waals surface area contributed by atoms with Crippen molar-refractivity contribution in [1.82, 2.24) is 15.5 Å². The van der Waals surface area contributed by atoms with E-state index in [2.05, 4.69) is 10.6 Å². The molecule has 8 heteroatoms. The highest BCUT2D eigenvalue weighted by Crippen LogP contribution is 2.19. The Bertz CT molecular complexity index is 517. The Morgan fingerprint density at radius 1 is 1.12 bits per heavy atom. The Labute approximate surface area is 153 Å². The zero-order chi connectivity index (χ0) is 18.4. The summed E-state index contributed by atoms with van der Waals surface area (Å²) in [5.74, 6) is -0.138. The fourth-order valence-electron chi connectivity index (χ4n) is 3.35. The lowest BCUT2D eigenvalue weighted by molar-refractivity contribution is -0.129. The van der Waals surface area contributed by atoms with Crippen LogP contribution in [-0.4, -0.2) is 85.6 Å². The first-order valence-electron chi connectivity index (χ1n) is 9.47. The van der Waals surface area contributed by atoms with E-state index in [1.807, 2.05) is 11.0 Å². The monoisotopic (exact) mass is 367 g/mol. The molecule has 2 fully saturated rings. The van der Waals surface area contributed by atoms with E-state index >= 15 is 0 Å². The molecule has 2 heterocycles. The van der Waals surface area contributed by atoms with E-state index in [-0.39, 0.29) is 37.0 Å². The standard InChI is InChI=1S/C18H29N3O5/c22-12-16-15(20-18(24)11-21-6-8-25-9-7-21)5-4-14(26-16)10-17(23)19-13-2-1-3-13/h4-5,13-16,22H,1-3,6-12H2,(H,19,23)(H,20,24)/t14-,15-,16-/m0/s1. The first-order valence-corrected chi connectivity index (χ1v) is 9.47. The van der Waals surface area contributed by atoms with Crippen LogP contribution in [0.2, 0.25) is 0 Å². The number of hydrogen-bond acceptors (Lipinski definition) is 6. The van der Waals surface area contributed by atoms with Crippen molar-refractivity contribution in [1.29, 1.82) is 0 Å². The van der Waals surface area contributed by atoms with Gasteiger partial charge in [0.2, 0.25) is 11.8 Å². The molecular weight excluding hydrogens is 338 g/mol. The van der Waals surface area contributed by atoms with Crippen LogP contribution >= 0.6 is 0 Å². The van der Waals surface area contributed by atoms with Gasteiger partial charge in [0.25, 0.3) is 0 Å². The molecule has 26 heavy (non-hydrogen) atoms. The maximum absolute atomic E-state index is 12.2. The number of morpholine rings is 1. The second-order valence-corrected chi connectivity index (χ2v) is 7.16. The Hall–Kier alpha value is -1.48. The zero-order valence-electron chi connectivity index (χ0n) is 15.1. The molecule has 0 bridgehead atoms. The molecule has 0 aromatic rings. The Balaban J connectivity index is 1.45. The summed E-state index contributed by atoms with van der Waals surface area (Å²) in [6, 6.07) is -0.0876. The smallest absolute Gasteiger partial charge is 0.234 e. The molecule has 2 amide bonds. The van der Waals surface area contributed by atoms with Crippen LogP contribution in [0.15, 0.2) is 12.2 Å². The van der Waals surface area contributed by atoms with Crippen molar-refractivity contribution in [2.45, 2.75) is 50.0 Å². The minimum Gasteiger partial charge on any atom is -0.394 e. The molecule has 2 aliphatic heterocycles. The third-order valence-electron chi connectivity index (χ3n) is 5.12. The number of ether oxygens (including phenoxy) is 2. The molecule has 1 saturated carbocycles. The Kier molecular flexibility index (Phi) is 7.01. The van der Waals surface area contributed by atoms with Crippen LogP contribution in [0.4, 0.5) is 0 Å². The van der Waals surface area contributed by atoms with Crippen molar-refractivity contribution in [2.75, 3.05) is 39.5 Å². The highest BCUT2D eigenvalue weighted by Gasteiger charge is 2.30. The topological polar surface area (TPSA) is 100 Å². The molecule has 8 nitrogen and oxygen atoms in total. The molecule has 0 radical (unpaired) electrons. The highest BCUT2D eigenvalue weighted by molar-refractivity contribution is 5.79. The summed E-state index contributed by atoms with van der Waals surface area (Å²) in [7, 11) is 0. The number of aliphatic hydroxyl groups excluding tert-OH is 1. The van der Waals surface area contributed by atoms with Gasteiger partial charge in [0.15, 0.2) is 0 Å². The molecule has 0 unspecified atom stereocenters. The van der Waals surface area contributed by atoms with Crippen molar-refractivity contribution in [2.24, 2.45) is 0 Å². The molecule has 0 aromatic heterocycles. The normalized spacial score (nSPS) is 29.8. The summed E-state index contributed by atoms with van der Waals surface area (Å²) >= 11 is 0. The van der Waals surface area contributed by atoms with Crippen LogP contribution in [0.5, 0.6) is 0 Å². The van der Waals surface area contributed by atoms with E-state index < -0.39 is 6.10 Å². The molecule has 0 spiro atoms. The minimum absolute atomic E-state index is 0.0316. The van der Waals surface area contributed by atoms with Crippen molar-refractivity contribution in [3.63, 3.8) is 0 Å². The van der Waals surface area contributed by atoms with E-state index in [4.69, 9.17) is 9.47 Å². The summed E-state index contributed by atoms with van der Waals surface area (Å²) in [6.07, 6.45) is 6.19. The van der Waals surface area contributed by atoms with E-state index in [1.165, 1.54) is 6.42 Å². The summed E-state index contributed by atoms with van der Waals surface area (Å²) in [4.78, 5) is 26.3. The molecule has 1 saturated heterocycles. The third kappa shape index (κ3) is 5.51. The van der Waals surface area contributed by atoms with Gasteiger partial charge in [0, 0.05) is 19.1 Å². The number of nitrogens with one attached hydrogen (secondary N) is 2. The molecule has 3 N–H and O–H groups in total. The van der Waals surface area contributed by atoms with Gasteiger partial charge < -0.3 is 25.2 Å². The lowest BCUT2D eigenvalue weighted by Gasteiger charge is -2.33. The van der Waals surface area contributed by atoms with Crippen molar-refractivity contribution in [3.8, 4) is 0 Å². The number of hydrogen-bond donors (Lipinski definition) is 3. The van der Waals surface area contributed by atoms with Gasteiger partial charge >= 0.3 is 0 Å². The van der Waals surface area contributed by atoms with Crippen LogP contribution in [0.3, 0.4) is 0 Å². The first kappa shape index (κ1) is 19.3. The minimum atomic E-state index is -0.546. The first-order chi connectivity index (χ1) is 12.6. The lowest BCUT2D eigenvalue weighted by Crippen LogP contribution is -2.52. The Morgan fingerprint density at radius 2 is 1.88 bits per heavy atom. The predicted molar refractivity (Wildman–Crippen MR) is 94.5 cm³/mol. The number of carbonyl (C=O) groups is 2. The lowest BCUT2D eigenvalue weighted by atomic mass is 9.93. The van der Waals surface area contributed by atoms with Gasteiger partial charge in [-0.2, -0.15) is 0 Å². The fourth-order valence-corrected chi connectivity index (χ4v) is 3.35. The van der Waals surface area contributed by atoms with Gasteiger partial charge in [-0.3, -0.25) is 14.5 Å². The van der Waals surface area contributed by atoms with Gasteiger partial charge in [-0.25, -0.2) is 0 Å². The molecule has 3 atom stereocenters. The van der Waals surface area contributed by atoms with Gasteiger partial charge in [0.1, 0.15) is 6.10 Å². The van der Waals surface area contributed by atoms with Crippen LogP contribution in [0.25, 0.3) is 0 Å². The second kappa shape index (κ2) is 9.45. The summed E-state index contributed by atoms with van der Waals surface area (Å²) in [5, 5.41) is 15.5. The maximum atomic E-state index is 12.2. The van der Waals surface area contributed by atoms with E-state index in [1.54, 1.807) is 6.08 Å². The molecule has 0 aromatic carbocycles. The summed E-state index contributed by atoms with van der Waals surface area (Å²) in [5.41, 5.74) is 0. The summed E-state index contributed by atoms with van der Waals surface area (Å²) in [6.45, 7) is 2.86. The molecule has 146 valence electrons. The largest absolute Gasteiger partial charge is 0.394 e. The van der Waals surface area contributed by atoms with Gasteiger partial charge in [0.05, 0.1) is 44.9 Å². The average molecular weight is 367 g/mol. The number of rotatable bonds is 7. The SMILES string of the molecule is O=C(C[C@@H]1C=C[C@H](NC(=O)CN2CCOCC2)[C@H](CO)O1)NC1CCC1. The maximum Gasteiger partial charge on any atom is 0.234 e. The van der Waals surface area contributed by atoms with Gasteiger partial charge in [-0.1, -0.05) is 12.2 Å². The average Bonchev–Trinajstić information content (AvgIpc) is 2.60. The molecule has 3 aliphatic rings. The van der Waals surface area contributed by atoms with Crippen LogP contribution in [-0.2, 0) is 19.1 Å². The van der Waals surface area contributed by atoms with E-state index in [0.717, 1.165) is 25.9 Å². The zero-order valence-corrected chi connectivity index (χ0v) is 15.1. The molecule has 3 rings (SSSR count). The van der Waals surface area contributed by atoms with Crippen molar-refractivity contribution >= 4 is 11.8 Å². The van der Waals surface area contributed by atoms with Crippen molar-refractivity contribution < 1.29 is 24.2 Å². The van der Waals surface area contributed by atoms with Crippen LogP contribution < -0.4 is 10.6 Å². The number of carbonyl (C=O) groups excluding carboxylic acids is 2. The number of amides is 2. The fraction of sp³-hybridized carbons (Fsp3) is 0.778. The predicted octanol–water partition coefficient (Wildman–Crippen LogP) is -0.822. The van der Waals surface area contributed by atoms with E-state index in [0.29, 0.717) is 25.8 Å². The van der Waals surface area contributed by atoms with Crippen LogP contribution in [0.1, 0.15) is 25.7 Å². The number of aliphatic hydroxyl groups is 1.